The van der Waals surface area contributed by atoms with Crippen LogP contribution in [0.4, 0.5) is 35.1 Å². The van der Waals surface area contributed by atoms with Crippen molar-refractivity contribution in [1.82, 2.24) is 0 Å². The van der Waals surface area contributed by atoms with Crippen LogP contribution in [0.1, 0.15) is 83.6 Å². The van der Waals surface area contributed by atoms with Gasteiger partial charge in [-0.05, 0) is 38.0 Å². The normalized spacial score (nSPS) is 17.6. The van der Waals surface area contributed by atoms with Crippen molar-refractivity contribution in [1.29, 1.82) is 0 Å². The van der Waals surface area contributed by atoms with Gasteiger partial charge in [-0.2, -0.15) is 8.78 Å². The van der Waals surface area contributed by atoms with Gasteiger partial charge in [0.05, 0.1) is 17.0 Å². The second kappa shape index (κ2) is 12.9. The highest BCUT2D eigenvalue weighted by Gasteiger charge is 2.36. The van der Waals surface area contributed by atoms with Crippen LogP contribution < -0.4 is 4.74 Å². The molecule has 1 saturated carbocycles. The molecule has 0 spiro atoms. The van der Waals surface area contributed by atoms with Crippen LogP contribution in [0.25, 0.3) is 11.1 Å². The van der Waals surface area contributed by atoms with Gasteiger partial charge in [0.15, 0.2) is 34.9 Å². The second-order valence-corrected chi connectivity index (χ2v) is 9.76. The Labute approximate surface area is 216 Å². The number of esters is 1. The van der Waals surface area contributed by atoms with Crippen LogP contribution >= 0.6 is 0 Å². The van der Waals surface area contributed by atoms with Crippen LogP contribution in [-0.2, 0) is 11.2 Å². The van der Waals surface area contributed by atoms with Gasteiger partial charge < -0.3 is 4.74 Å². The number of halogens is 8. The zero-order valence-electron chi connectivity index (χ0n) is 21.3. The Morgan fingerprint density at radius 1 is 0.658 bits per heavy atom. The highest BCUT2D eigenvalue weighted by molar-refractivity contribution is 5.76. The highest BCUT2D eigenvalue weighted by Crippen LogP contribution is 2.41. The Balaban J connectivity index is 1.80. The molecule has 2 aromatic carbocycles. The number of unbranched alkanes of at least 4 members (excludes halogenated alkanes) is 4. The lowest BCUT2D eigenvalue weighted by Crippen LogP contribution is -2.26. The molecule has 2 nitrogen and oxygen atoms in total. The first-order valence-corrected chi connectivity index (χ1v) is 13.0. The maximum atomic E-state index is 14.8. The number of ether oxygens (including phenoxy) is 1. The molecule has 0 atom stereocenters. The Bertz CT molecular complexity index is 1110. The maximum Gasteiger partial charge on any atom is 0.314 e. The molecule has 210 valence electrons. The van der Waals surface area contributed by atoms with E-state index in [1.54, 1.807) is 0 Å². The average Bonchev–Trinajstić information content (AvgIpc) is 2.91. The van der Waals surface area contributed by atoms with Crippen LogP contribution in [0, 0.1) is 58.4 Å². The summed E-state index contributed by atoms with van der Waals surface area (Å²) < 4.78 is 121. The van der Waals surface area contributed by atoms with Crippen molar-refractivity contribution in [3.05, 3.63) is 52.1 Å². The Kier molecular flexibility index (Phi) is 10.2. The predicted molar refractivity (Wildman–Crippen MR) is 125 cm³/mol. The SMILES string of the molecule is CCCCCCC[C@H]1CC[C@H](C(=O)Oc2c(F)c(F)c(-c3c(F)c(F)c(CC)c(F)c3F)c(F)c2F)CC1. The maximum absolute atomic E-state index is 14.8. The smallest absolute Gasteiger partial charge is 0.314 e. The summed E-state index contributed by atoms with van der Waals surface area (Å²) in [4.78, 5) is 12.5. The second-order valence-electron chi connectivity index (χ2n) is 9.76. The van der Waals surface area contributed by atoms with Gasteiger partial charge in [0.25, 0.3) is 0 Å². The zero-order valence-corrected chi connectivity index (χ0v) is 21.3. The lowest BCUT2D eigenvalue weighted by Gasteiger charge is -2.27. The summed E-state index contributed by atoms with van der Waals surface area (Å²) in [5.74, 6) is -20.8. The van der Waals surface area contributed by atoms with E-state index in [1.807, 2.05) is 0 Å². The van der Waals surface area contributed by atoms with Crippen molar-refractivity contribution in [2.24, 2.45) is 11.8 Å². The summed E-state index contributed by atoms with van der Waals surface area (Å²) in [5.41, 5.74) is -4.98. The molecule has 0 amide bonds. The lowest BCUT2D eigenvalue weighted by molar-refractivity contribution is -0.140. The number of carbonyl (C=O) groups excluding carboxylic acids is 1. The highest BCUT2D eigenvalue weighted by atomic mass is 19.2. The molecule has 0 aliphatic heterocycles. The fourth-order valence-electron chi connectivity index (χ4n) is 5.04. The minimum absolute atomic E-state index is 0.365. The number of hydrogen-bond acceptors (Lipinski definition) is 2. The number of rotatable bonds is 10. The summed E-state index contributed by atoms with van der Waals surface area (Å²) in [5, 5.41) is 0. The molecule has 2 aromatic rings. The van der Waals surface area contributed by atoms with Crippen molar-refractivity contribution in [2.75, 3.05) is 0 Å². The molecule has 0 aromatic heterocycles. The molecule has 10 heteroatoms. The van der Waals surface area contributed by atoms with Gasteiger partial charge in [0, 0.05) is 5.56 Å². The zero-order chi connectivity index (χ0) is 28.1. The van der Waals surface area contributed by atoms with E-state index in [2.05, 4.69) is 11.7 Å². The molecule has 38 heavy (non-hydrogen) atoms. The Hall–Kier alpha value is -2.65. The van der Waals surface area contributed by atoms with Crippen molar-refractivity contribution < 1.29 is 44.7 Å². The summed E-state index contributed by atoms with van der Waals surface area (Å²) in [6, 6.07) is 0. The van der Waals surface area contributed by atoms with Gasteiger partial charge in [-0.3, -0.25) is 4.79 Å². The summed E-state index contributed by atoms with van der Waals surface area (Å²) in [6.07, 6.45) is 8.26. The van der Waals surface area contributed by atoms with Crippen LogP contribution in [0.15, 0.2) is 0 Å². The molecule has 0 heterocycles. The minimum atomic E-state index is -2.36. The fourth-order valence-corrected chi connectivity index (χ4v) is 5.04. The Morgan fingerprint density at radius 3 is 1.61 bits per heavy atom. The fraction of sp³-hybridized carbons (Fsp3) is 0.536. The molecule has 1 fully saturated rings. The number of carbonyl (C=O) groups is 1. The van der Waals surface area contributed by atoms with E-state index < -0.39 is 87.3 Å². The molecule has 1 aliphatic carbocycles. The molecular formula is C28H30F8O2. The van der Waals surface area contributed by atoms with E-state index in [1.165, 1.54) is 13.3 Å². The first-order chi connectivity index (χ1) is 18.0. The van der Waals surface area contributed by atoms with E-state index in [-0.39, 0.29) is 0 Å². The summed E-state index contributed by atoms with van der Waals surface area (Å²) in [6.45, 7) is 3.30. The van der Waals surface area contributed by atoms with Crippen molar-refractivity contribution in [2.45, 2.75) is 84.5 Å². The van der Waals surface area contributed by atoms with Crippen LogP contribution in [0.5, 0.6) is 5.75 Å². The molecule has 0 radical (unpaired) electrons. The van der Waals surface area contributed by atoms with E-state index >= 15 is 0 Å². The van der Waals surface area contributed by atoms with E-state index in [0.717, 1.165) is 32.1 Å². The lowest BCUT2D eigenvalue weighted by atomic mass is 9.80. The molecule has 1 aliphatic rings. The number of hydrogen-bond donors (Lipinski definition) is 0. The topological polar surface area (TPSA) is 26.3 Å². The molecule has 0 saturated heterocycles. The molecule has 0 N–H and O–H groups in total. The van der Waals surface area contributed by atoms with Gasteiger partial charge >= 0.3 is 5.97 Å². The molecule has 0 bridgehead atoms. The van der Waals surface area contributed by atoms with Crippen LogP contribution in [-0.4, -0.2) is 5.97 Å². The average molecular weight is 551 g/mol. The van der Waals surface area contributed by atoms with Crippen LogP contribution in [0.2, 0.25) is 0 Å². The van der Waals surface area contributed by atoms with E-state index in [4.69, 9.17) is 0 Å². The molecule has 3 rings (SSSR count). The van der Waals surface area contributed by atoms with Crippen molar-refractivity contribution >= 4 is 5.97 Å². The first-order valence-electron chi connectivity index (χ1n) is 13.0. The number of benzene rings is 2. The minimum Gasteiger partial charge on any atom is -0.420 e. The molecule has 0 unspecified atom stereocenters. The monoisotopic (exact) mass is 550 g/mol. The standard InChI is InChI=1S/C28H30F8O2/c1-3-5-6-7-8-9-14-10-12-15(13-11-14)28(37)38-27-25(35)23(33)18(24(34)26(27)36)17-21(31)19(29)16(4-2)20(30)22(17)32/h14-15H,3-13H2,1-2H3/t14-,15-. The molecular weight excluding hydrogens is 520 g/mol. The van der Waals surface area contributed by atoms with Gasteiger partial charge in [-0.1, -0.05) is 52.4 Å². The van der Waals surface area contributed by atoms with Gasteiger partial charge in [0.2, 0.25) is 17.4 Å². The van der Waals surface area contributed by atoms with Crippen molar-refractivity contribution in [3.63, 3.8) is 0 Å². The summed E-state index contributed by atoms with van der Waals surface area (Å²) >= 11 is 0. The summed E-state index contributed by atoms with van der Waals surface area (Å²) in [7, 11) is 0. The van der Waals surface area contributed by atoms with Gasteiger partial charge in [-0.25, -0.2) is 26.3 Å². The van der Waals surface area contributed by atoms with Gasteiger partial charge in [0.1, 0.15) is 0 Å². The third kappa shape index (κ3) is 5.99. The van der Waals surface area contributed by atoms with E-state index in [0.29, 0.717) is 31.6 Å². The first kappa shape index (κ1) is 29.9. The van der Waals surface area contributed by atoms with Gasteiger partial charge in [-0.15, -0.1) is 0 Å². The predicted octanol–water partition coefficient (Wildman–Crippen LogP) is 9.10. The largest absolute Gasteiger partial charge is 0.420 e. The van der Waals surface area contributed by atoms with E-state index in [9.17, 15) is 39.9 Å². The third-order valence-corrected chi connectivity index (χ3v) is 7.28. The van der Waals surface area contributed by atoms with Crippen molar-refractivity contribution in [3.8, 4) is 16.9 Å². The van der Waals surface area contributed by atoms with Crippen LogP contribution in [0.3, 0.4) is 0 Å². The third-order valence-electron chi connectivity index (χ3n) is 7.28. The Morgan fingerprint density at radius 2 is 1.13 bits per heavy atom. The quantitative estimate of drug-likeness (QED) is 0.0970.